The molecule has 0 spiro atoms. The topological polar surface area (TPSA) is 76.0 Å². The number of hydrogen-bond donors (Lipinski definition) is 2. The van der Waals surface area contributed by atoms with E-state index < -0.39 is 17.5 Å². The fourth-order valence-corrected chi connectivity index (χ4v) is 3.88. The van der Waals surface area contributed by atoms with Crippen LogP contribution in [0.4, 0.5) is 14.6 Å². The number of nitrogens with zero attached hydrogens (tertiary/aromatic N) is 2. The lowest BCUT2D eigenvalue weighted by molar-refractivity contribution is 0.0939. The summed E-state index contributed by atoms with van der Waals surface area (Å²) < 4.78 is 28.9. The maximum atomic E-state index is 13.9. The summed E-state index contributed by atoms with van der Waals surface area (Å²) in [6.07, 6.45) is 2.58. The zero-order valence-electron chi connectivity index (χ0n) is 17.1. The number of carbonyl (C=O) groups is 2. The molecule has 0 unspecified atom stereocenters. The maximum Gasteiger partial charge on any atom is 0.272 e. The molecule has 6 nitrogen and oxygen atoms in total. The van der Waals surface area contributed by atoms with Crippen molar-refractivity contribution in [3.05, 3.63) is 81.8 Å². The molecule has 1 amide bonds. The first-order valence-corrected chi connectivity index (χ1v) is 10.6. The Morgan fingerprint density at radius 2 is 1.97 bits per heavy atom. The van der Waals surface area contributed by atoms with Gasteiger partial charge in [0.15, 0.2) is 17.3 Å². The smallest absolute Gasteiger partial charge is 0.272 e. The largest absolute Gasteiger partial charge is 0.361 e. The Morgan fingerprint density at radius 3 is 2.75 bits per heavy atom. The molecule has 3 aromatic rings. The Kier molecular flexibility index (Phi) is 6.50. The molecule has 32 heavy (non-hydrogen) atoms. The molecule has 0 atom stereocenters. The molecule has 2 heterocycles. The van der Waals surface area contributed by atoms with Crippen molar-refractivity contribution >= 4 is 29.1 Å². The molecular formula is C23H21ClF2N4O2. The Hall–Kier alpha value is -3.26. The standard InChI is InChI=1S/C23H21ClF2N4O2/c24-16-5-3-4-14(10-16)19(31)13-27-22-21(30-9-2-1-6-20(30)29-22)23(32)28-12-15-7-8-17(25)11-18(15)26/h3-5,7-8,10-11,27H,1-2,6,9,12-13H2,(H,28,32). The van der Waals surface area contributed by atoms with Gasteiger partial charge in [0.1, 0.15) is 17.5 Å². The number of carbonyl (C=O) groups excluding carboxylic acids is 2. The highest BCUT2D eigenvalue weighted by Crippen LogP contribution is 2.24. The number of rotatable bonds is 7. The van der Waals surface area contributed by atoms with Gasteiger partial charge in [-0.25, -0.2) is 13.8 Å². The summed E-state index contributed by atoms with van der Waals surface area (Å²) in [6.45, 7) is 0.454. The molecule has 0 saturated heterocycles. The number of nitrogens with one attached hydrogen (secondary N) is 2. The van der Waals surface area contributed by atoms with Gasteiger partial charge < -0.3 is 15.2 Å². The minimum absolute atomic E-state index is 0.0658. The third kappa shape index (κ3) is 4.80. The van der Waals surface area contributed by atoms with Gasteiger partial charge in [0.2, 0.25) is 0 Å². The molecule has 166 valence electrons. The van der Waals surface area contributed by atoms with Gasteiger partial charge in [0.25, 0.3) is 5.91 Å². The average Bonchev–Trinajstić information content (AvgIpc) is 3.15. The summed E-state index contributed by atoms with van der Waals surface area (Å²) in [5.74, 6) is -1.00. The number of anilines is 1. The first-order chi connectivity index (χ1) is 15.4. The number of halogens is 3. The van der Waals surface area contributed by atoms with Crippen LogP contribution in [0.5, 0.6) is 0 Å². The van der Waals surface area contributed by atoms with E-state index in [-0.39, 0.29) is 24.4 Å². The second-order valence-corrected chi connectivity index (χ2v) is 7.98. The normalized spacial score (nSPS) is 12.8. The lowest BCUT2D eigenvalue weighted by atomic mass is 10.1. The summed E-state index contributed by atoms with van der Waals surface area (Å²) in [5, 5.41) is 6.11. The van der Waals surface area contributed by atoms with Crippen LogP contribution in [-0.2, 0) is 19.5 Å². The molecule has 0 saturated carbocycles. The van der Waals surface area contributed by atoms with E-state index in [0.29, 0.717) is 28.6 Å². The van der Waals surface area contributed by atoms with Crippen LogP contribution in [0.2, 0.25) is 5.02 Å². The van der Waals surface area contributed by atoms with E-state index >= 15 is 0 Å². The molecule has 0 radical (unpaired) electrons. The molecule has 9 heteroatoms. The van der Waals surface area contributed by atoms with Crippen molar-refractivity contribution in [2.75, 3.05) is 11.9 Å². The van der Waals surface area contributed by atoms with Gasteiger partial charge in [-0.1, -0.05) is 29.8 Å². The molecule has 1 aliphatic rings. The zero-order valence-corrected chi connectivity index (χ0v) is 17.9. The molecule has 4 rings (SSSR count). The van der Waals surface area contributed by atoms with Crippen LogP contribution in [0, 0.1) is 11.6 Å². The van der Waals surface area contributed by atoms with Gasteiger partial charge in [0.05, 0.1) is 6.54 Å². The van der Waals surface area contributed by atoms with E-state index in [2.05, 4.69) is 15.6 Å². The van der Waals surface area contributed by atoms with Crippen LogP contribution >= 0.6 is 11.6 Å². The molecule has 1 aliphatic heterocycles. The number of aryl methyl sites for hydroxylation is 1. The minimum atomic E-state index is -0.730. The van der Waals surface area contributed by atoms with Crippen molar-refractivity contribution in [2.24, 2.45) is 0 Å². The van der Waals surface area contributed by atoms with E-state index in [1.807, 2.05) is 4.57 Å². The van der Waals surface area contributed by atoms with Crippen LogP contribution in [0.25, 0.3) is 0 Å². The predicted molar refractivity (Wildman–Crippen MR) is 117 cm³/mol. The van der Waals surface area contributed by atoms with Crippen molar-refractivity contribution < 1.29 is 18.4 Å². The average molecular weight is 459 g/mol. The zero-order chi connectivity index (χ0) is 22.7. The summed E-state index contributed by atoms with van der Waals surface area (Å²) >= 11 is 5.96. The fraction of sp³-hybridized carbons (Fsp3) is 0.261. The maximum absolute atomic E-state index is 13.9. The number of benzene rings is 2. The van der Waals surface area contributed by atoms with Crippen LogP contribution < -0.4 is 10.6 Å². The van der Waals surface area contributed by atoms with E-state index in [0.717, 1.165) is 37.2 Å². The first-order valence-electron chi connectivity index (χ1n) is 10.3. The van der Waals surface area contributed by atoms with Gasteiger partial charge >= 0.3 is 0 Å². The quantitative estimate of drug-likeness (QED) is 0.515. The van der Waals surface area contributed by atoms with Crippen molar-refractivity contribution in [2.45, 2.75) is 32.4 Å². The molecule has 0 fully saturated rings. The predicted octanol–water partition coefficient (Wildman–Crippen LogP) is 4.38. The lowest BCUT2D eigenvalue weighted by Gasteiger charge is -2.16. The number of hydrogen-bond acceptors (Lipinski definition) is 4. The number of amides is 1. The molecule has 1 aromatic heterocycles. The summed E-state index contributed by atoms with van der Waals surface area (Å²) in [7, 11) is 0. The van der Waals surface area contributed by atoms with Crippen LogP contribution in [0.1, 0.15) is 45.1 Å². The number of Topliss-reactive ketones (excluding diaryl/α,β-unsaturated/α-hetero) is 1. The first kappa shape index (κ1) is 22.0. The third-order valence-electron chi connectivity index (χ3n) is 5.31. The SMILES string of the molecule is O=C(CNc1nc2n(c1C(=O)NCc1ccc(F)cc1F)CCCC2)c1cccc(Cl)c1. The van der Waals surface area contributed by atoms with E-state index in [1.54, 1.807) is 24.3 Å². The molecule has 0 aliphatic carbocycles. The van der Waals surface area contributed by atoms with Crippen molar-refractivity contribution in [3.8, 4) is 0 Å². The Morgan fingerprint density at radius 1 is 1.12 bits per heavy atom. The summed E-state index contributed by atoms with van der Waals surface area (Å²) in [4.78, 5) is 30.1. The van der Waals surface area contributed by atoms with Crippen molar-refractivity contribution in [1.82, 2.24) is 14.9 Å². The molecular weight excluding hydrogens is 438 g/mol. The summed E-state index contributed by atoms with van der Waals surface area (Å²) in [6, 6.07) is 9.82. The van der Waals surface area contributed by atoms with Crippen LogP contribution in [0.3, 0.4) is 0 Å². The fourth-order valence-electron chi connectivity index (χ4n) is 3.69. The van der Waals surface area contributed by atoms with E-state index in [9.17, 15) is 18.4 Å². The van der Waals surface area contributed by atoms with Crippen LogP contribution in [0.15, 0.2) is 42.5 Å². The van der Waals surface area contributed by atoms with Gasteiger partial charge in [-0.3, -0.25) is 9.59 Å². The second-order valence-electron chi connectivity index (χ2n) is 7.54. The number of imidazole rings is 1. The van der Waals surface area contributed by atoms with E-state index in [1.165, 1.54) is 6.07 Å². The van der Waals surface area contributed by atoms with Crippen LogP contribution in [-0.4, -0.2) is 27.8 Å². The minimum Gasteiger partial charge on any atom is -0.361 e. The van der Waals surface area contributed by atoms with Crippen molar-refractivity contribution in [3.63, 3.8) is 0 Å². The Balaban J connectivity index is 1.52. The molecule has 2 aromatic carbocycles. The van der Waals surface area contributed by atoms with Crippen molar-refractivity contribution in [1.29, 1.82) is 0 Å². The lowest BCUT2D eigenvalue weighted by Crippen LogP contribution is -2.28. The number of aromatic nitrogens is 2. The highest BCUT2D eigenvalue weighted by atomic mass is 35.5. The Bertz CT molecular complexity index is 1180. The van der Waals surface area contributed by atoms with Gasteiger partial charge in [-0.15, -0.1) is 0 Å². The highest BCUT2D eigenvalue weighted by Gasteiger charge is 2.25. The highest BCUT2D eigenvalue weighted by molar-refractivity contribution is 6.31. The monoisotopic (exact) mass is 458 g/mol. The summed E-state index contributed by atoms with van der Waals surface area (Å²) in [5.41, 5.74) is 0.914. The number of ketones is 1. The third-order valence-corrected chi connectivity index (χ3v) is 5.55. The number of fused-ring (bicyclic) bond motifs is 1. The van der Waals surface area contributed by atoms with Gasteiger partial charge in [-0.2, -0.15) is 0 Å². The molecule has 0 bridgehead atoms. The van der Waals surface area contributed by atoms with E-state index in [4.69, 9.17) is 11.6 Å². The Labute approximate surface area is 188 Å². The van der Waals surface area contributed by atoms with Gasteiger partial charge in [0, 0.05) is 41.7 Å². The van der Waals surface area contributed by atoms with Gasteiger partial charge in [-0.05, 0) is 31.0 Å². The molecule has 2 N–H and O–H groups in total. The second kappa shape index (κ2) is 9.48.